The van der Waals surface area contributed by atoms with E-state index in [1.54, 1.807) is 0 Å². The van der Waals surface area contributed by atoms with Crippen LogP contribution in [0.25, 0.3) is 0 Å². The Labute approximate surface area is 98.7 Å². The molecule has 0 amide bonds. The van der Waals surface area contributed by atoms with Crippen molar-refractivity contribution in [2.24, 2.45) is 0 Å². The van der Waals surface area contributed by atoms with Gasteiger partial charge in [0.1, 0.15) is 0 Å². The molecule has 0 aliphatic heterocycles. The van der Waals surface area contributed by atoms with Crippen molar-refractivity contribution >= 4 is 0 Å². The molecule has 90 valence electrons. The molecule has 0 heterocycles. The van der Waals surface area contributed by atoms with Gasteiger partial charge in [0.2, 0.25) is 0 Å². The topological polar surface area (TPSA) is 32.3 Å². The number of aryl methyl sites for hydroxylation is 1. The summed E-state index contributed by atoms with van der Waals surface area (Å²) in [5.41, 5.74) is 2.04. The Morgan fingerprint density at radius 3 is 2.19 bits per heavy atom. The highest BCUT2D eigenvalue weighted by Gasteiger charge is 2.15. The number of hydrogen-bond acceptors (Lipinski definition) is 2. The predicted octanol–water partition coefficient (Wildman–Crippen LogP) is 2.50. The van der Waals surface area contributed by atoms with Crippen molar-refractivity contribution in [2.75, 3.05) is 6.54 Å². The van der Waals surface area contributed by atoms with E-state index in [1.165, 1.54) is 11.1 Å². The molecule has 0 aliphatic rings. The molecule has 1 aromatic rings. The van der Waals surface area contributed by atoms with Gasteiger partial charge in [0.25, 0.3) is 0 Å². The Hall–Kier alpha value is -0.860. The van der Waals surface area contributed by atoms with Crippen molar-refractivity contribution < 1.29 is 5.11 Å². The summed E-state index contributed by atoms with van der Waals surface area (Å²) in [6.45, 7) is 7.47. The molecule has 0 aliphatic carbocycles. The third-order valence-corrected chi connectivity index (χ3v) is 3.03. The van der Waals surface area contributed by atoms with Crippen molar-refractivity contribution in [1.82, 2.24) is 5.32 Å². The minimum Gasteiger partial charge on any atom is -0.389 e. The second-order valence-corrected chi connectivity index (χ2v) is 4.62. The summed E-state index contributed by atoms with van der Waals surface area (Å²) in [5, 5.41) is 13.1. The molecule has 0 saturated carbocycles. The lowest BCUT2D eigenvalue weighted by molar-refractivity contribution is 0.0555. The zero-order valence-electron chi connectivity index (χ0n) is 10.6. The molecular formula is C14H23NO. The average Bonchev–Trinajstić information content (AvgIpc) is 2.30. The van der Waals surface area contributed by atoms with E-state index in [0.29, 0.717) is 6.54 Å². The normalized spacial score (nSPS) is 14.8. The second kappa shape index (κ2) is 6.02. The fourth-order valence-corrected chi connectivity index (χ4v) is 1.49. The van der Waals surface area contributed by atoms with E-state index in [4.69, 9.17) is 0 Å². The molecule has 0 radical (unpaired) electrons. The van der Waals surface area contributed by atoms with Crippen LogP contribution in [0.2, 0.25) is 0 Å². The van der Waals surface area contributed by atoms with Crippen molar-refractivity contribution in [3.8, 4) is 0 Å². The van der Waals surface area contributed by atoms with E-state index in [-0.39, 0.29) is 0 Å². The lowest BCUT2D eigenvalue weighted by Gasteiger charge is -2.21. The van der Waals surface area contributed by atoms with Crippen LogP contribution in [-0.2, 0) is 13.0 Å². The molecule has 1 unspecified atom stereocenters. The number of nitrogens with one attached hydrogen (secondary N) is 1. The van der Waals surface area contributed by atoms with Crippen LogP contribution < -0.4 is 5.32 Å². The molecule has 1 atom stereocenters. The molecule has 0 saturated heterocycles. The van der Waals surface area contributed by atoms with Crippen LogP contribution in [0.5, 0.6) is 0 Å². The van der Waals surface area contributed by atoms with Gasteiger partial charge in [-0.1, -0.05) is 38.1 Å². The van der Waals surface area contributed by atoms with Crippen LogP contribution in [0, 0.1) is 0 Å². The maximum Gasteiger partial charge on any atom is 0.0741 e. The zero-order chi connectivity index (χ0) is 12.0. The number of benzene rings is 1. The van der Waals surface area contributed by atoms with Crippen LogP contribution >= 0.6 is 0 Å². The molecule has 16 heavy (non-hydrogen) atoms. The number of aliphatic hydroxyl groups is 1. The molecule has 2 nitrogen and oxygen atoms in total. The van der Waals surface area contributed by atoms with Gasteiger partial charge in [0, 0.05) is 13.1 Å². The molecule has 2 heteroatoms. The molecular weight excluding hydrogens is 198 g/mol. The van der Waals surface area contributed by atoms with Crippen LogP contribution in [0.1, 0.15) is 38.3 Å². The quantitative estimate of drug-likeness (QED) is 0.773. The van der Waals surface area contributed by atoms with Gasteiger partial charge in [-0.3, -0.25) is 0 Å². The second-order valence-electron chi connectivity index (χ2n) is 4.62. The average molecular weight is 221 g/mol. The smallest absolute Gasteiger partial charge is 0.0741 e. The van der Waals surface area contributed by atoms with E-state index < -0.39 is 5.60 Å². The molecule has 0 spiro atoms. The standard InChI is InChI=1S/C14H23NO/c1-4-12-6-8-13(9-7-12)10-15-11-14(3,16)5-2/h6-9,15-16H,4-5,10-11H2,1-3H3. The summed E-state index contributed by atoms with van der Waals surface area (Å²) in [5.74, 6) is 0. The Morgan fingerprint density at radius 1 is 1.12 bits per heavy atom. The van der Waals surface area contributed by atoms with Crippen LogP contribution in [0.3, 0.4) is 0 Å². The van der Waals surface area contributed by atoms with Crippen molar-refractivity contribution in [3.05, 3.63) is 35.4 Å². The fraction of sp³-hybridized carbons (Fsp3) is 0.571. The highest BCUT2D eigenvalue weighted by molar-refractivity contribution is 5.22. The zero-order valence-corrected chi connectivity index (χ0v) is 10.6. The maximum absolute atomic E-state index is 9.82. The van der Waals surface area contributed by atoms with Gasteiger partial charge in [-0.2, -0.15) is 0 Å². The van der Waals surface area contributed by atoms with Crippen LogP contribution in [0.4, 0.5) is 0 Å². The summed E-state index contributed by atoms with van der Waals surface area (Å²) in [7, 11) is 0. The van der Waals surface area contributed by atoms with Crippen molar-refractivity contribution in [1.29, 1.82) is 0 Å². The molecule has 0 fully saturated rings. The molecule has 1 aromatic carbocycles. The van der Waals surface area contributed by atoms with Crippen molar-refractivity contribution in [3.63, 3.8) is 0 Å². The SMILES string of the molecule is CCc1ccc(CNCC(C)(O)CC)cc1. The summed E-state index contributed by atoms with van der Waals surface area (Å²) in [6.07, 6.45) is 1.85. The van der Waals surface area contributed by atoms with E-state index in [0.717, 1.165) is 19.4 Å². The van der Waals surface area contributed by atoms with Gasteiger partial charge in [-0.25, -0.2) is 0 Å². The minimum atomic E-state index is -0.594. The largest absolute Gasteiger partial charge is 0.389 e. The Bertz CT molecular complexity index is 303. The van der Waals surface area contributed by atoms with E-state index in [9.17, 15) is 5.11 Å². The first-order chi connectivity index (χ1) is 7.57. The summed E-state index contributed by atoms with van der Waals surface area (Å²) < 4.78 is 0. The van der Waals surface area contributed by atoms with Gasteiger partial charge < -0.3 is 10.4 Å². The predicted molar refractivity (Wildman–Crippen MR) is 68.4 cm³/mol. The Balaban J connectivity index is 2.37. The highest BCUT2D eigenvalue weighted by Crippen LogP contribution is 2.08. The van der Waals surface area contributed by atoms with Gasteiger partial charge >= 0.3 is 0 Å². The first-order valence-electron chi connectivity index (χ1n) is 6.08. The summed E-state index contributed by atoms with van der Waals surface area (Å²) in [4.78, 5) is 0. The Kier molecular flexibility index (Phi) is 4.97. The number of hydrogen-bond donors (Lipinski definition) is 2. The first kappa shape index (κ1) is 13.2. The van der Waals surface area contributed by atoms with Gasteiger partial charge in [-0.05, 0) is 30.9 Å². The fourth-order valence-electron chi connectivity index (χ4n) is 1.49. The third kappa shape index (κ3) is 4.33. The third-order valence-electron chi connectivity index (χ3n) is 3.03. The van der Waals surface area contributed by atoms with Crippen molar-refractivity contribution in [2.45, 2.75) is 45.8 Å². The van der Waals surface area contributed by atoms with Crippen LogP contribution in [0.15, 0.2) is 24.3 Å². The summed E-state index contributed by atoms with van der Waals surface area (Å²) in [6, 6.07) is 8.61. The molecule has 1 rings (SSSR count). The molecule has 0 bridgehead atoms. The monoisotopic (exact) mass is 221 g/mol. The highest BCUT2D eigenvalue weighted by atomic mass is 16.3. The van der Waals surface area contributed by atoms with Gasteiger partial charge in [0.05, 0.1) is 5.60 Å². The first-order valence-corrected chi connectivity index (χ1v) is 6.08. The Morgan fingerprint density at radius 2 is 1.69 bits per heavy atom. The molecule has 0 aromatic heterocycles. The van der Waals surface area contributed by atoms with Gasteiger partial charge in [0.15, 0.2) is 0 Å². The maximum atomic E-state index is 9.82. The lowest BCUT2D eigenvalue weighted by atomic mass is 10.0. The number of rotatable bonds is 6. The van der Waals surface area contributed by atoms with Crippen LogP contribution in [-0.4, -0.2) is 17.3 Å². The minimum absolute atomic E-state index is 0.594. The summed E-state index contributed by atoms with van der Waals surface area (Å²) >= 11 is 0. The van der Waals surface area contributed by atoms with E-state index >= 15 is 0 Å². The molecule has 2 N–H and O–H groups in total. The van der Waals surface area contributed by atoms with E-state index in [2.05, 4.69) is 36.5 Å². The van der Waals surface area contributed by atoms with Gasteiger partial charge in [-0.15, -0.1) is 0 Å². The van der Waals surface area contributed by atoms with E-state index in [1.807, 2.05) is 13.8 Å². The lowest BCUT2D eigenvalue weighted by Crippen LogP contribution is -2.36.